The molecule has 4 nitrogen and oxygen atoms in total. The molecule has 0 saturated carbocycles. The summed E-state index contributed by atoms with van der Waals surface area (Å²) in [5, 5.41) is 0. The molecule has 5 aromatic rings. The summed E-state index contributed by atoms with van der Waals surface area (Å²) in [6.45, 7) is 21.6. The molecule has 1 aromatic heterocycles. The summed E-state index contributed by atoms with van der Waals surface area (Å²) >= 11 is 0. The molecule has 2 unspecified atom stereocenters. The normalized spacial score (nSPS) is 14.9. The molecular weight excluding hydrogens is 783 g/mol. The van der Waals surface area contributed by atoms with Gasteiger partial charge >= 0.3 is 7.25 Å². The van der Waals surface area contributed by atoms with Gasteiger partial charge in [-0.05, 0) is 132 Å². The Hall–Kier alpha value is -4.99. The van der Waals surface area contributed by atoms with E-state index in [0.29, 0.717) is 17.1 Å². The molecule has 0 radical (unpaired) electrons. The van der Waals surface area contributed by atoms with Crippen LogP contribution in [-0.4, -0.2) is 56.3 Å². The maximum Gasteiger partial charge on any atom is 0.598 e. The predicted molar refractivity (Wildman–Crippen MR) is 251 cm³/mol. The highest BCUT2D eigenvalue weighted by Crippen LogP contribution is 2.41. The zero-order chi connectivity index (χ0) is 45.3. The number of alkyl halides is 4. The number of allylic oxidation sites excluding steroid dienone is 2. The molecule has 4 aromatic carbocycles. The number of aryl methyl sites for hydroxylation is 4. The number of nitrogens with zero attached hydrogens (tertiary/aromatic N) is 2. The number of aliphatic imine (C=N–C) groups is 1. The third-order valence-corrected chi connectivity index (χ3v) is 12.1. The standard InChI is InChI=1S/C53H61BF4N2O2/c1-32-21-40(22-33(2)36(32)5)46-25-48(38-13-17-42(18-14-38)52(7,8)9)59-49(46)27-51-47(41-23-34(3)37(6)35(4)24-41)26-50(39-15-19-43(20-16-39)53(10,11)12)60(51)54(61-30-44(57)28-55)62-31-45(58)29-56/h13-27,44-45H,28-31H2,1-12H3/b49-27-. The Morgan fingerprint density at radius 3 is 1.48 bits per heavy atom. The van der Waals surface area contributed by atoms with Crippen molar-refractivity contribution in [3.8, 4) is 22.4 Å². The number of hydrogen-bond acceptors (Lipinski definition) is 3. The van der Waals surface area contributed by atoms with Crippen LogP contribution in [0.2, 0.25) is 0 Å². The van der Waals surface area contributed by atoms with Gasteiger partial charge in [-0.1, -0.05) is 114 Å². The van der Waals surface area contributed by atoms with Gasteiger partial charge in [0.15, 0.2) is 0 Å². The molecule has 0 amide bonds. The molecule has 1 aliphatic heterocycles. The first-order chi connectivity index (χ1) is 29.2. The summed E-state index contributed by atoms with van der Waals surface area (Å²) in [4.78, 5) is 5.34. The Bertz CT molecular complexity index is 2440. The molecule has 62 heavy (non-hydrogen) atoms. The summed E-state index contributed by atoms with van der Waals surface area (Å²) in [7, 11) is -1.48. The number of rotatable bonds is 14. The Kier molecular flexibility index (Phi) is 14.1. The van der Waals surface area contributed by atoms with Gasteiger partial charge in [-0.3, -0.25) is 0 Å². The van der Waals surface area contributed by atoms with Crippen LogP contribution in [0.3, 0.4) is 0 Å². The van der Waals surface area contributed by atoms with E-state index in [4.69, 9.17) is 14.3 Å². The van der Waals surface area contributed by atoms with Gasteiger partial charge in [0, 0.05) is 28.1 Å². The summed E-state index contributed by atoms with van der Waals surface area (Å²) < 4.78 is 70.8. The van der Waals surface area contributed by atoms with Crippen LogP contribution in [0.15, 0.2) is 95.6 Å². The van der Waals surface area contributed by atoms with Gasteiger partial charge in [0.1, 0.15) is 25.7 Å². The second kappa shape index (κ2) is 18.8. The molecule has 2 atom stereocenters. The number of halogens is 4. The minimum atomic E-state index is -1.97. The van der Waals surface area contributed by atoms with Crippen LogP contribution < -0.4 is 0 Å². The molecule has 0 fully saturated rings. The lowest BCUT2D eigenvalue weighted by Crippen LogP contribution is -2.38. The van der Waals surface area contributed by atoms with Crippen molar-refractivity contribution >= 4 is 24.6 Å². The van der Waals surface area contributed by atoms with E-state index in [1.54, 1.807) is 4.48 Å². The van der Waals surface area contributed by atoms with Gasteiger partial charge in [-0.25, -0.2) is 22.6 Å². The summed E-state index contributed by atoms with van der Waals surface area (Å²) in [5.41, 5.74) is 16.9. The molecule has 326 valence electrons. The van der Waals surface area contributed by atoms with Gasteiger partial charge in [0.2, 0.25) is 0 Å². The monoisotopic (exact) mass is 844 g/mol. The van der Waals surface area contributed by atoms with Crippen molar-refractivity contribution in [1.82, 2.24) is 4.48 Å². The first-order valence-corrected chi connectivity index (χ1v) is 21.5. The molecule has 0 aliphatic carbocycles. The average Bonchev–Trinajstić information content (AvgIpc) is 3.83. The second-order valence-electron chi connectivity index (χ2n) is 18.9. The molecule has 6 rings (SSSR count). The van der Waals surface area contributed by atoms with Crippen LogP contribution in [-0.2, 0) is 20.1 Å². The highest BCUT2D eigenvalue weighted by atomic mass is 19.2. The second-order valence-corrected chi connectivity index (χ2v) is 18.9. The first-order valence-electron chi connectivity index (χ1n) is 21.5. The van der Waals surface area contributed by atoms with E-state index in [1.807, 2.05) is 24.3 Å². The maximum atomic E-state index is 14.8. The van der Waals surface area contributed by atoms with Crippen molar-refractivity contribution in [2.45, 2.75) is 106 Å². The Morgan fingerprint density at radius 2 is 1.05 bits per heavy atom. The van der Waals surface area contributed by atoms with Crippen molar-refractivity contribution in [3.63, 3.8) is 0 Å². The van der Waals surface area contributed by atoms with Crippen molar-refractivity contribution in [2.75, 3.05) is 26.6 Å². The van der Waals surface area contributed by atoms with Crippen LogP contribution in [0, 0.1) is 41.5 Å². The zero-order valence-electron chi connectivity index (χ0n) is 38.4. The zero-order valence-corrected chi connectivity index (χ0v) is 38.4. The van der Waals surface area contributed by atoms with E-state index in [1.165, 1.54) is 11.1 Å². The van der Waals surface area contributed by atoms with Crippen LogP contribution >= 0.6 is 0 Å². The van der Waals surface area contributed by atoms with Gasteiger partial charge in [-0.2, -0.15) is 0 Å². The SMILES string of the molecule is Cc1cc(C2=CC(c3ccc(C(C)(C)C)cc3)=N/C2=C\c2c(-c3cc(C)c(C)c(C)c3)cc(-c3ccc(C(C)(C)C)cc3)n2B(OCC(F)CF)OCC(F)CF)cc(C)c1C. The molecule has 2 heterocycles. The molecular formula is C53H61BF4N2O2. The maximum absolute atomic E-state index is 14.8. The molecule has 0 spiro atoms. The lowest BCUT2D eigenvalue weighted by atomic mass is 9.86. The highest BCUT2D eigenvalue weighted by Gasteiger charge is 2.33. The van der Waals surface area contributed by atoms with Crippen LogP contribution in [0.25, 0.3) is 34.0 Å². The fourth-order valence-electron chi connectivity index (χ4n) is 7.74. The fraction of sp³-hybridized carbons (Fsp3) is 0.377. The fourth-order valence-corrected chi connectivity index (χ4v) is 7.74. The topological polar surface area (TPSA) is 35.8 Å². The van der Waals surface area contributed by atoms with Gasteiger partial charge in [0.05, 0.1) is 24.6 Å². The highest BCUT2D eigenvalue weighted by molar-refractivity contribution is 6.44. The molecule has 1 aliphatic rings. The lowest BCUT2D eigenvalue weighted by molar-refractivity contribution is 0.0997. The first kappa shape index (κ1) is 46.5. The third-order valence-electron chi connectivity index (χ3n) is 12.1. The van der Waals surface area contributed by atoms with E-state index in [9.17, 15) is 17.6 Å². The number of hydrogen-bond donors (Lipinski definition) is 0. The van der Waals surface area contributed by atoms with Crippen molar-refractivity contribution in [3.05, 3.63) is 152 Å². The van der Waals surface area contributed by atoms with E-state index < -0.39 is 46.2 Å². The van der Waals surface area contributed by atoms with Crippen molar-refractivity contribution in [1.29, 1.82) is 0 Å². The molecule has 0 N–H and O–H groups in total. The Balaban J connectivity index is 1.70. The molecule has 9 heteroatoms. The van der Waals surface area contributed by atoms with Crippen molar-refractivity contribution in [2.24, 2.45) is 4.99 Å². The third kappa shape index (κ3) is 10.3. The summed E-state index contributed by atoms with van der Waals surface area (Å²) in [6, 6.07) is 27.2. The van der Waals surface area contributed by atoms with Gasteiger partial charge < -0.3 is 13.8 Å². The largest absolute Gasteiger partial charge is 0.598 e. The van der Waals surface area contributed by atoms with Crippen LogP contribution in [0.1, 0.15) is 103 Å². The summed E-state index contributed by atoms with van der Waals surface area (Å²) in [5.74, 6) is 0. The van der Waals surface area contributed by atoms with E-state index in [0.717, 1.165) is 72.5 Å². The quantitative estimate of drug-likeness (QED) is 0.0825. The predicted octanol–water partition coefficient (Wildman–Crippen LogP) is 13.7. The minimum Gasteiger partial charge on any atom is -0.388 e. The number of aromatic nitrogens is 1. The van der Waals surface area contributed by atoms with Crippen LogP contribution in [0.4, 0.5) is 17.6 Å². The van der Waals surface area contributed by atoms with Gasteiger partial charge in [-0.15, -0.1) is 0 Å². The molecule has 0 saturated heterocycles. The smallest absolute Gasteiger partial charge is 0.388 e. The van der Waals surface area contributed by atoms with Crippen molar-refractivity contribution < 1.29 is 26.9 Å². The number of benzene rings is 4. The summed E-state index contributed by atoms with van der Waals surface area (Å²) in [6.07, 6.45) is 0.150. The Morgan fingerprint density at radius 1 is 0.613 bits per heavy atom. The van der Waals surface area contributed by atoms with Gasteiger partial charge in [0.25, 0.3) is 0 Å². The van der Waals surface area contributed by atoms with E-state index in [2.05, 4.69) is 150 Å². The minimum absolute atomic E-state index is 0.0300. The van der Waals surface area contributed by atoms with Crippen LogP contribution in [0.5, 0.6) is 0 Å². The Labute approximate surface area is 367 Å². The van der Waals surface area contributed by atoms with E-state index in [-0.39, 0.29) is 10.8 Å². The van der Waals surface area contributed by atoms with E-state index >= 15 is 0 Å². The average molecular weight is 845 g/mol. The molecule has 0 bridgehead atoms. The lowest BCUT2D eigenvalue weighted by Gasteiger charge is -2.23.